The van der Waals surface area contributed by atoms with Gasteiger partial charge in [0.25, 0.3) is 5.91 Å². The van der Waals surface area contributed by atoms with Crippen LogP contribution in [-0.4, -0.2) is 69.8 Å². The molecule has 1 N–H and O–H groups in total. The highest BCUT2D eigenvalue weighted by Crippen LogP contribution is 2.21. The number of carbonyl (C=O) groups is 2. The number of carboxylic acids is 1. The molecule has 1 aliphatic rings. The molecule has 0 aliphatic carbocycles. The second-order valence-corrected chi connectivity index (χ2v) is 6.94. The minimum Gasteiger partial charge on any atom is -0.481 e. The van der Waals surface area contributed by atoms with Crippen molar-refractivity contribution in [1.82, 2.24) is 19.6 Å². The van der Waals surface area contributed by atoms with Crippen LogP contribution in [0.5, 0.6) is 0 Å². The van der Waals surface area contributed by atoms with Crippen molar-refractivity contribution >= 4 is 11.9 Å². The number of hydrogen-bond donors (Lipinski definition) is 1. The molecule has 1 aliphatic heterocycles. The summed E-state index contributed by atoms with van der Waals surface area (Å²) in [7, 11) is 3.93. The molecular weight excluding hydrogens is 332 g/mol. The summed E-state index contributed by atoms with van der Waals surface area (Å²) in [6.45, 7) is 0.788. The number of rotatable bonds is 4. The molecule has 0 radical (unpaired) electrons. The monoisotopic (exact) mass is 356 g/mol. The molecule has 1 fully saturated rings. The molecular formula is C19H24N4O3. The molecule has 1 amide bonds. The number of likely N-dealkylation sites (tertiary alicyclic amines) is 1. The largest absolute Gasteiger partial charge is 0.481 e. The van der Waals surface area contributed by atoms with Crippen LogP contribution < -0.4 is 0 Å². The summed E-state index contributed by atoms with van der Waals surface area (Å²) in [6, 6.07) is 9.22. The highest BCUT2D eigenvalue weighted by molar-refractivity contribution is 5.94. The Balaban J connectivity index is 1.80. The van der Waals surface area contributed by atoms with Gasteiger partial charge in [-0.2, -0.15) is 5.10 Å². The molecule has 0 saturated carbocycles. The fraction of sp³-hybridized carbons (Fsp3) is 0.421. The van der Waals surface area contributed by atoms with Gasteiger partial charge in [0.05, 0.1) is 11.6 Å². The van der Waals surface area contributed by atoms with Crippen molar-refractivity contribution in [3.8, 4) is 5.69 Å². The van der Waals surface area contributed by atoms with Gasteiger partial charge in [-0.15, -0.1) is 0 Å². The molecule has 138 valence electrons. The van der Waals surface area contributed by atoms with Gasteiger partial charge in [0.15, 0.2) is 0 Å². The summed E-state index contributed by atoms with van der Waals surface area (Å²) >= 11 is 0. The number of likely N-dealkylation sites (N-methyl/N-ethyl adjacent to an activating group) is 1. The maximum Gasteiger partial charge on any atom is 0.308 e. The SMILES string of the molecule is CN(C)[C@@H]1CC[C@H](C(=O)O)CN(C(=O)c2ccc(-n3cccn3)cc2)C1. The maximum absolute atomic E-state index is 13.0. The normalized spacial score (nSPS) is 20.8. The van der Waals surface area contributed by atoms with E-state index in [1.165, 1.54) is 0 Å². The van der Waals surface area contributed by atoms with Gasteiger partial charge in [-0.1, -0.05) is 0 Å². The van der Waals surface area contributed by atoms with Crippen LogP contribution in [0.3, 0.4) is 0 Å². The topological polar surface area (TPSA) is 78.7 Å². The Morgan fingerprint density at radius 2 is 1.88 bits per heavy atom. The Hall–Kier alpha value is -2.67. The van der Waals surface area contributed by atoms with Crippen LogP contribution in [-0.2, 0) is 4.79 Å². The van der Waals surface area contributed by atoms with E-state index in [4.69, 9.17) is 0 Å². The Kier molecular flexibility index (Phi) is 5.37. The number of carboxylic acid groups (broad SMARTS) is 1. The van der Waals surface area contributed by atoms with Gasteiger partial charge < -0.3 is 14.9 Å². The second-order valence-electron chi connectivity index (χ2n) is 6.94. The lowest BCUT2D eigenvalue weighted by Crippen LogP contribution is -2.43. The number of nitrogens with zero attached hydrogens (tertiary/aromatic N) is 4. The third kappa shape index (κ3) is 3.94. The summed E-state index contributed by atoms with van der Waals surface area (Å²) in [6.07, 6.45) is 4.89. The molecule has 2 aromatic rings. The number of carbonyl (C=O) groups excluding carboxylic acids is 1. The Morgan fingerprint density at radius 1 is 1.15 bits per heavy atom. The molecule has 2 heterocycles. The van der Waals surface area contributed by atoms with Crippen LogP contribution in [0, 0.1) is 5.92 Å². The van der Waals surface area contributed by atoms with Crippen LogP contribution >= 0.6 is 0 Å². The van der Waals surface area contributed by atoms with Crippen LogP contribution in [0.15, 0.2) is 42.7 Å². The minimum absolute atomic E-state index is 0.128. The second kappa shape index (κ2) is 7.70. The van der Waals surface area contributed by atoms with Gasteiger partial charge in [0.2, 0.25) is 0 Å². The first-order chi connectivity index (χ1) is 12.5. The first-order valence-electron chi connectivity index (χ1n) is 8.74. The molecule has 1 aromatic carbocycles. The van der Waals surface area contributed by atoms with Crippen molar-refractivity contribution in [2.75, 3.05) is 27.2 Å². The lowest BCUT2D eigenvalue weighted by Gasteiger charge is -2.29. The third-order valence-electron chi connectivity index (χ3n) is 4.97. The minimum atomic E-state index is -0.837. The molecule has 1 aromatic heterocycles. The van der Waals surface area contributed by atoms with E-state index in [0.717, 1.165) is 12.1 Å². The van der Waals surface area contributed by atoms with Crippen molar-refractivity contribution in [2.45, 2.75) is 18.9 Å². The van der Waals surface area contributed by atoms with Gasteiger partial charge in [-0.05, 0) is 57.3 Å². The fourth-order valence-corrected chi connectivity index (χ4v) is 3.32. The van der Waals surface area contributed by atoms with E-state index in [1.807, 2.05) is 38.5 Å². The van der Waals surface area contributed by atoms with E-state index in [2.05, 4.69) is 10.00 Å². The van der Waals surface area contributed by atoms with Crippen molar-refractivity contribution in [1.29, 1.82) is 0 Å². The van der Waals surface area contributed by atoms with Crippen molar-refractivity contribution in [2.24, 2.45) is 5.92 Å². The average molecular weight is 356 g/mol. The Labute approximate surface area is 152 Å². The molecule has 26 heavy (non-hydrogen) atoms. The zero-order valence-corrected chi connectivity index (χ0v) is 15.1. The van der Waals surface area contributed by atoms with E-state index >= 15 is 0 Å². The maximum atomic E-state index is 13.0. The molecule has 2 atom stereocenters. The molecule has 0 unspecified atom stereocenters. The molecule has 7 heteroatoms. The van der Waals surface area contributed by atoms with E-state index in [0.29, 0.717) is 18.5 Å². The van der Waals surface area contributed by atoms with Crippen molar-refractivity contribution < 1.29 is 14.7 Å². The summed E-state index contributed by atoms with van der Waals surface area (Å²) in [5.74, 6) is -1.49. The van der Waals surface area contributed by atoms with Gasteiger partial charge in [-0.3, -0.25) is 9.59 Å². The number of aliphatic carboxylic acids is 1. The summed E-state index contributed by atoms with van der Waals surface area (Å²) in [5.41, 5.74) is 1.43. The van der Waals surface area contributed by atoms with Crippen LogP contribution in [0.1, 0.15) is 23.2 Å². The smallest absolute Gasteiger partial charge is 0.308 e. The van der Waals surface area contributed by atoms with Gasteiger partial charge in [-0.25, -0.2) is 4.68 Å². The van der Waals surface area contributed by atoms with E-state index in [-0.39, 0.29) is 18.5 Å². The highest BCUT2D eigenvalue weighted by Gasteiger charge is 2.31. The van der Waals surface area contributed by atoms with E-state index in [1.54, 1.807) is 27.9 Å². The predicted molar refractivity (Wildman–Crippen MR) is 97.3 cm³/mol. The van der Waals surface area contributed by atoms with Gasteiger partial charge in [0.1, 0.15) is 0 Å². The molecule has 0 bridgehead atoms. The first-order valence-corrected chi connectivity index (χ1v) is 8.74. The standard InChI is InChI=1S/C19H24N4O3/c1-21(2)17-9-6-15(19(25)26)12-22(13-17)18(24)14-4-7-16(8-5-14)23-11-3-10-20-23/h3-5,7-8,10-11,15,17H,6,9,12-13H2,1-2H3,(H,25,26)/t15-,17+/m0/s1. The van der Waals surface area contributed by atoms with Crippen molar-refractivity contribution in [3.05, 3.63) is 48.3 Å². The number of amides is 1. The molecule has 3 rings (SSSR count). The zero-order valence-electron chi connectivity index (χ0n) is 15.1. The number of hydrogen-bond acceptors (Lipinski definition) is 4. The molecule has 1 saturated heterocycles. The lowest BCUT2D eigenvalue weighted by atomic mass is 10.0. The summed E-state index contributed by atoms with van der Waals surface area (Å²) in [4.78, 5) is 28.2. The van der Waals surface area contributed by atoms with Crippen molar-refractivity contribution in [3.63, 3.8) is 0 Å². The van der Waals surface area contributed by atoms with Crippen LogP contribution in [0.4, 0.5) is 0 Å². The highest BCUT2D eigenvalue weighted by atomic mass is 16.4. The summed E-state index contributed by atoms with van der Waals surface area (Å²) in [5, 5.41) is 13.6. The Morgan fingerprint density at radius 3 is 2.46 bits per heavy atom. The van der Waals surface area contributed by atoms with Crippen LogP contribution in [0.25, 0.3) is 5.69 Å². The summed E-state index contributed by atoms with van der Waals surface area (Å²) < 4.78 is 1.72. The molecule has 7 nitrogen and oxygen atoms in total. The van der Waals surface area contributed by atoms with E-state index < -0.39 is 11.9 Å². The quantitative estimate of drug-likeness (QED) is 0.903. The predicted octanol–water partition coefficient (Wildman–Crippen LogP) is 1.74. The van der Waals surface area contributed by atoms with Gasteiger partial charge >= 0.3 is 5.97 Å². The Bertz CT molecular complexity index is 756. The first kappa shape index (κ1) is 18.1. The fourth-order valence-electron chi connectivity index (χ4n) is 3.32. The number of aromatic nitrogens is 2. The zero-order chi connectivity index (χ0) is 18.7. The van der Waals surface area contributed by atoms with Gasteiger partial charge in [0, 0.05) is 37.1 Å². The lowest BCUT2D eigenvalue weighted by molar-refractivity contribution is -0.142. The number of benzene rings is 1. The average Bonchev–Trinajstić information content (AvgIpc) is 3.06. The van der Waals surface area contributed by atoms with E-state index in [9.17, 15) is 14.7 Å². The van der Waals surface area contributed by atoms with Crippen LogP contribution in [0.2, 0.25) is 0 Å². The molecule has 0 spiro atoms. The third-order valence-corrected chi connectivity index (χ3v) is 4.97.